The van der Waals surface area contributed by atoms with E-state index in [0.717, 1.165) is 13.1 Å². The highest BCUT2D eigenvalue weighted by molar-refractivity contribution is 9.10. The molecule has 0 aliphatic rings. The zero-order valence-electron chi connectivity index (χ0n) is 16.9. The number of furan rings is 1. The number of rotatable bonds is 9. The van der Waals surface area contributed by atoms with Crippen LogP contribution in [0.25, 0.3) is 0 Å². The van der Waals surface area contributed by atoms with E-state index in [0.29, 0.717) is 22.5 Å². The Morgan fingerprint density at radius 2 is 1.93 bits per heavy atom. The van der Waals surface area contributed by atoms with Crippen LogP contribution in [0.3, 0.4) is 0 Å². The van der Waals surface area contributed by atoms with E-state index >= 15 is 0 Å². The lowest BCUT2D eigenvalue weighted by Gasteiger charge is -2.29. The molecule has 0 aliphatic carbocycles. The summed E-state index contributed by atoms with van der Waals surface area (Å²) in [6.07, 6.45) is 0. The van der Waals surface area contributed by atoms with Gasteiger partial charge in [-0.1, -0.05) is 19.9 Å². The second-order valence-electron chi connectivity index (χ2n) is 6.64. The summed E-state index contributed by atoms with van der Waals surface area (Å²) in [5, 5.41) is 9.97. The fourth-order valence-corrected chi connectivity index (χ4v) is 4.26. The van der Waals surface area contributed by atoms with Gasteiger partial charge < -0.3 is 15.1 Å². The Balaban J connectivity index is 1.66. The van der Waals surface area contributed by atoms with E-state index < -0.39 is 0 Å². The van der Waals surface area contributed by atoms with Crippen LogP contribution in [0.15, 0.2) is 62.3 Å². The van der Waals surface area contributed by atoms with Crippen molar-refractivity contribution in [2.45, 2.75) is 19.9 Å². The highest BCUT2D eigenvalue weighted by Crippen LogP contribution is 2.22. The van der Waals surface area contributed by atoms with Gasteiger partial charge in [0.2, 0.25) is 0 Å². The van der Waals surface area contributed by atoms with E-state index in [1.54, 1.807) is 47.7 Å². The first-order valence-corrected chi connectivity index (χ1v) is 11.5. The lowest BCUT2D eigenvalue weighted by molar-refractivity contribution is 0.0933. The second kappa shape index (κ2) is 10.6. The molecule has 2 amide bonds. The zero-order valence-corrected chi connectivity index (χ0v) is 19.3. The number of nitrogens with one attached hydrogen (secondary N) is 2. The van der Waals surface area contributed by atoms with Crippen LogP contribution in [0.1, 0.15) is 46.4 Å². The van der Waals surface area contributed by atoms with Crippen LogP contribution < -0.4 is 10.6 Å². The van der Waals surface area contributed by atoms with Crippen LogP contribution in [0.2, 0.25) is 0 Å². The Kier molecular flexibility index (Phi) is 7.84. The molecule has 3 rings (SSSR count). The quantitative estimate of drug-likeness (QED) is 0.434. The van der Waals surface area contributed by atoms with E-state index in [4.69, 9.17) is 4.42 Å². The molecular weight excluding hydrogens is 466 g/mol. The summed E-state index contributed by atoms with van der Waals surface area (Å²) < 4.78 is 5.74. The molecule has 0 saturated carbocycles. The van der Waals surface area contributed by atoms with Crippen molar-refractivity contribution in [1.82, 2.24) is 10.2 Å². The number of anilines is 1. The molecule has 30 heavy (non-hydrogen) atoms. The first-order valence-electron chi connectivity index (χ1n) is 9.72. The van der Waals surface area contributed by atoms with E-state index in [9.17, 15) is 9.59 Å². The molecule has 1 atom stereocenters. The first kappa shape index (κ1) is 22.3. The third-order valence-electron chi connectivity index (χ3n) is 4.82. The third-order valence-corrected chi connectivity index (χ3v) is 5.94. The maximum Gasteiger partial charge on any atom is 0.291 e. The molecule has 0 fully saturated rings. The average Bonchev–Trinajstić information content (AvgIpc) is 3.43. The third kappa shape index (κ3) is 5.59. The van der Waals surface area contributed by atoms with Gasteiger partial charge in [0.15, 0.2) is 10.4 Å². The van der Waals surface area contributed by atoms with E-state index in [-0.39, 0.29) is 23.6 Å². The number of hydrogen-bond donors (Lipinski definition) is 2. The van der Waals surface area contributed by atoms with Gasteiger partial charge in [-0.15, -0.1) is 0 Å². The van der Waals surface area contributed by atoms with Gasteiger partial charge in [0.1, 0.15) is 0 Å². The van der Waals surface area contributed by atoms with E-state index in [1.807, 2.05) is 0 Å². The highest BCUT2D eigenvalue weighted by atomic mass is 79.9. The number of likely N-dealkylation sites (N-methyl/N-ethyl adjacent to an activating group) is 1. The Bertz CT molecular complexity index is 983. The standard InChI is InChI=1S/C22H24BrN3O3S/c1-3-26(4-2)18(16-10-11-30-14-16)13-24-21(27)15-6-5-7-17(12-15)25-22(28)19-8-9-20(23)29-19/h5-12,14,18H,3-4,13H2,1-2H3,(H,24,27)(H,25,28). The summed E-state index contributed by atoms with van der Waals surface area (Å²) in [5.41, 5.74) is 2.21. The van der Waals surface area contributed by atoms with Gasteiger partial charge >= 0.3 is 0 Å². The molecule has 0 spiro atoms. The second-order valence-corrected chi connectivity index (χ2v) is 8.20. The minimum Gasteiger partial charge on any atom is -0.444 e. The number of halogens is 1. The van der Waals surface area contributed by atoms with Crippen molar-refractivity contribution in [2.75, 3.05) is 25.0 Å². The summed E-state index contributed by atoms with van der Waals surface area (Å²) in [6.45, 7) is 6.55. The Hall–Kier alpha value is -2.42. The largest absolute Gasteiger partial charge is 0.444 e. The summed E-state index contributed by atoms with van der Waals surface area (Å²) >= 11 is 4.83. The summed E-state index contributed by atoms with van der Waals surface area (Å²) in [7, 11) is 0. The van der Waals surface area contributed by atoms with Gasteiger partial charge in [0.05, 0.1) is 6.04 Å². The van der Waals surface area contributed by atoms with Crippen LogP contribution in [0.5, 0.6) is 0 Å². The van der Waals surface area contributed by atoms with Crippen molar-refractivity contribution in [1.29, 1.82) is 0 Å². The molecule has 8 heteroatoms. The number of carbonyl (C=O) groups excluding carboxylic acids is 2. The molecular formula is C22H24BrN3O3S. The van der Waals surface area contributed by atoms with Crippen molar-refractivity contribution in [3.63, 3.8) is 0 Å². The van der Waals surface area contributed by atoms with Crippen LogP contribution in [0, 0.1) is 0 Å². The van der Waals surface area contributed by atoms with Crippen molar-refractivity contribution in [2.24, 2.45) is 0 Å². The Morgan fingerprint density at radius 1 is 1.13 bits per heavy atom. The van der Waals surface area contributed by atoms with Crippen LogP contribution in [0.4, 0.5) is 5.69 Å². The van der Waals surface area contributed by atoms with Gasteiger partial charge in [-0.25, -0.2) is 0 Å². The maximum atomic E-state index is 12.8. The Labute approximate surface area is 188 Å². The van der Waals surface area contributed by atoms with Crippen LogP contribution >= 0.6 is 27.3 Å². The predicted molar refractivity (Wildman–Crippen MR) is 123 cm³/mol. The van der Waals surface area contributed by atoms with Crippen LogP contribution in [-0.4, -0.2) is 36.3 Å². The van der Waals surface area contributed by atoms with Crippen molar-refractivity contribution in [3.05, 3.63) is 74.8 Å². The molecule has 0 bridgehead atoms. The molecule has 2 aromatic heterocycles. The number of nitrogens with zero attached hydrogens (tertiary/aromatic N) is 1. The molecule has 6 nitrogen and oxygen atoms in total. The van der Waals surface area contributed by atoms with Crippen molar-refractivity contribution < 1.29 is 14.0 Å². The first-order chi connectivity index (χ1) is 14.5. The van der Waals surface area contributed by atoms with Gasteiger partial charge in [-0.05, 0) is 81.7 Å². The normalized spacial score (nSPS) is 12.0. The smallest absolute Gasteiger partial charge is 0.291 e. The summed E-state index contributed by atoms with van der Waals surface area (Å²) in [4.78, 5) is 27.4. The lowest BCUT2D eigenvalue weighted by Crippen LogP contribution is -2.37. The number of thiophene rings is 1. The molecule has 0 aliphatic heterocycles. The number of benzene rings is 1. The van der Waals surface area contributed by atoms with Gasteiger partial charge in [-0.2, -0.15) is 11.3 Å². The number of amides is 2. The zero-order chi connectivity index (χ0) is 21.5. The molecule has 0 radical (unpaired) electrons. The monoisotopic (exact) mass is 489 g/mol. The van der Waals surface area contributed by atoms with Crippen molar-refractivity contribution >= 4 is 44.8 Å². The topological polar surface area (TPSA) is 74.6 Å². The average molecular weight is 490 g/mol. The van der Waals surface area contributed by atoms with Crippen molar-refractivity contribution in [3.8, 4) is 0 Å². The van der Waals surface area contributed by atoms with Gasteiger partial charge in [-0.3, -0.25) is 14.5 Å². The fourth-order valence-electron chi connectivity index (χ4n) is 3.25. The molecule has 158 valence electrons. The van der Waals surface area contributed by atoms with E-state index in [1.165, 1.54) is 5.56 Å². The summed E-state index contributed by atoms with van der Waals surface area (Å²) in [5.74, 6) is -0.369. The lowest BCUT2D eigenvalue weighted by atomic mass is 10.1. The molecule has 2 N–H and O–H groups in total. The molecule has 0 saturated heterocycles. The maximum absolute atomic E-state index is 12.8. The highest BCUT2D eigenvalue weighted by Gasteiger charge is 2.20. The summed E-state index contributed by atoms with van der Waals surface area (Å²) in [6, 6.07) is 12.3. The van der Waals surface area contributed by atoms with Gasteiger partial charge in [0, 0.05) is 17.8 Å². The van der Waals surface area contributed by atoms with E-state index in [2.05, 4.69) is 62.1 Å². The molecule has 1 aromatic carbocycles. The Morgan fingerprint density at radius 3 is 2.57 bits per heavy atom. The minimum absolute atomic E-state index is 0.121. The predicted octanol–water partition coefficient (Wildman–Crippen LogP) is 5.17. The molecule has 2 heterocycles. The fraction of sp³-hybridized carbons (Fsp3) is 0.273. The minimum atomic E-state index is -0.377. The molecule has 3 aromatic rings. The number of hydrogen-bond acceptors (Lipinski definition) is 5. The molecule has 1 unspecified atom stereocenters. The number of carbonyl (C=O) groups is 2. The van der Waals surface area contributed by atoms with Gasteiger partial charge in [0.25, 0.3) is 11.8 Å². The van der Waals surface area contributed by atoms with Crippen LogP contribution in [-0.2, 0) is 0 Å². The SMILES string of the molecule is CCN(CC)C(CNC(=O)c1cccc(NC(=O)c2ccc(Br)o2)c1)c1ccsc1.